The van der Waals surface area contributed by atoms with Crippen molar-refractivity contribution in [3.8, 4) is 0 Å². The van der Waals surface area contributed by atoms with E-state index in [0.717, 1.165) is 26.0 Å². The van der Waals surface area contributed by atoms with Crippen molar-refractivity contribution < 1.29 is 4.74 Å². The molecule has 116 valence electrons. The van der Waals surface area contributed by atoms with Crippen LogP contribution in [0, 0.1) is 0 Å². The molecule has 1 aliphatic heterocycles. The average molecular weight is 300 g/mol. The van der Waals surface area contributed by atoms with E-state index in [1.807, 2.05) is 24.3 Å². The van der Waals surface area contributed by atoms with Crippen LogP contribution in [0.25, 0.3) is 10.9 Å². The maximum atomic E-state index is 12.6. The predicted molar refractivity (Wildman–Crippen MR) is 82.5 cm³/mol. The Hall–Kier alpha value is -1.79. The SMILES string of the molecule is O=c1c2ccccc2nnn1CN1CCO[C@@H]2CCCC[C@H]21. The smallest absolute Gasteiger partial charge is 0.278 e. The van der Waals surface area contributed by atoms with Crippen LogP contribution in [-0.2, 0) is 11.4 Å². The molecule has 0 bridgehead atoms. The van der Waals surface area contributed by atoms with E-state index in [-0.39, 0.29) is 5.56 Å². The number of hydrogen-bond donors (Lipinski definition) is 0. The van der Waals surface area contributed by atoms with Crippen molar-refractivity contribution in [2.75, 3.05) is 13.2 Å². The zero-order valence-electron chi connectivity index (χ0n) is 12.5. The number of hydrogen-bond acceptors (Lipinski definition) is 5. The Labute approximate surface area is 128 Å². The van der Waals surface area contributed by atoms with Crippen molar-refractivity contribution in [3.63, 3.8) is 0 Å². The number of aromatic nitrogens is 3. The predicted octanol–water partition coefficient (Wildman–Crippen LogP) is 1.39. The first-order valence-corrected chi connectivity index (χ1v) is 8.01. The highest BCUT2D eigenvalue weighted by atomic mass is 16.5. The summed E-state index contributed by atoms with van der Waals surface area (Å²) in [6, 6.07) is 7.77. The molecule has 22 heavy (non-hydrogen) atoms. The Kier molecular flexibility index (Phi) is 3.63. The third-order valence-electron chi connectivity index (χ3n) is 4.79. The molecule has 1 aromatic carbocycles. The standard InChI is InChI=1S/C16H20N4O2/c21-16-12-5-1-2-6-13(12)17-18-20(16)11-19-9-10-22-15-8-4-3-7-14(15)19/h1-2,5-6,14-15H,3-4,7-11H2/t14-,15-/m1/s1. The van der Waals surface area contributed by atoms with Crippen molar-refractivity contribution in [1.29, 1.82) is 0 Å². The maximum Gasteiger partial charge on any atom is 0.278 e. The maximum absolute atomic E-state index is 12.6. The molecule has 1 aliphatic carbocycles. The van der Waals surface area contributed by atoms with Gasteiger partial charge in [0, 0.05) is 12.6 Å². The molecular formula is C16H20N4O2. The Morgan fingerprint density at radius 1 is 1.23 bits per heavy atom. The molecule has 2 aromatic rings. The van der Waals surface area contributed by atoms with Gasteiger partial charge in [-0.25, -0.2) is 0 Å². The lowest BCUT2D eigenvalue weighted by Gasteiger charge is -2.43. The molecule has 1 saturated heterocycles. The van der Waals surface area contributed by atoms with Crippen molar-refractivity contribution in [2.45, 2.75) is 44.5 Å². The third kappa shape index (κ3) is 2.42. The van der Waals surface area contributed by atoms with Gasteiger partial charge in [-0.1, -0.05) is 30.2 Å². The summed E-state index contributed by atoms with van der Waals surface area (Å²) in [5.74, 6) is 0. The van der Waals surface area contributed by atoms with Crippen LogP contribution in [0.2, 0.25) is 0 Å². The van der Waals surface area contributed by atoms with Gasteiger partial charge in [0.05, 0.1) is 24.8 Å². The minimum absolute atomic E-state index is 0.0653. The molecule has 1 saturated carbocycles. The summed E-state index contributed by atoms with van der Waals surface area (Å²) < 4.78 is 7.37. The van der Waals surface area contributed by atoms with E-state index in [0.29, 0.717) is 29.7 Å². The van der Waals surface area contributed by atoms with E-state index in [1.165, 1.54) is 17.5 Å². The molecule has 2 atom stereocenters. The lowest BCUT2D eigenvalue weighted by molar-refractivity contribution is -0.0998. The second-order valence-corrected chi connectivity index (χ2v) is 6.13. The second kappa shape index (κ2) is 5.78. The minimum Gasteiger partial charge on any atom is -0.375 e. The molecule has 1 aromatic heterocycles. The Morgan fingerprint density at radius 3 is 3.05 bits per heavy atom. The molecule has 2 heterocycles. The fourth-order valence-electron chi connectivity index (χ4n) is 3.64. The highest BCUT2D eigenvalue weighted by Gasteiger charge is 2.34. The summed E-state index contributed by atoms with van der Waals surface area (Å²) in [4.78, 5) is 14.9. The van der Waals surface area contributed by atoms with Crippen LogP contribution in [0.3, 0.4) is 0 Å². The fraction of sp³-hybridized carbons (Fsp3) is 0.562. The fourth-order valence-corrected chi connectivity index (χ4v) is 3.64. The van der Waals surface area contributed by atoms with Crippen LogP contribution in [0.1, 0.15) is 25.7 Å². The van der Waals surface area contributed by atoms with E-state index in [9.17, 15) is 4.79 Å². The molecule has 6 heteroatoms. The van der Waals surface area contributed by atoms with Gasteiger partial charge in [-0.05, 0) is 25.0 Å². The zero-order valence-corrected chi connectivity index (χ0v) is 12.5. The molecule has 4 rings (SSSR count). The van der Waals surface area contributed by atoms with E-state index in [2.05, 4.69) is 15.2 Å². The zero-order chi connectivity index (χ0) is 14.9. The Balaban J connectivity index is 1.62. The summed E-state index contributed by atoms with van der Waals surface area (Å²) in [6.45, 7) is 2.08. The van der Waals surface area contributed by atoms with Gasteiger partial charge in [0.15, 0.2) is 0 Å². The van der Waals surface area contributed by atoms with E-state index < -0.39 is 0 Å². The molecule has 0 radical (unpaired) electrons. The second-order valence-electron chi connectivity index (χ2n) is 6.13. The van der Waals surface area contributed by atoms with Crippen LogP contribution >= 0.6 is 0 Å². The highest BCUT2D eigenvalue weighted by molar-refractivity contribution is 5.76. The van der Waals surface area contributed by atoms with Crippen molar-refractivity contribution in [3.05, 3.63) is 34.6 Å². The van der Waals surface area contributed by atoms with Crippen molar-refractivity contribution >= 4 is 10.9 Å². The summed E-state index contributed by atoms with van der Waals surface area (Å²) in [5, 5.41) is 8.91. The summed E-state index contributed by atoms with van der Waals surface area (Å²) in [5.41, 5.74) is 0.589. The molecular weight excluding hydrogens is 280 g/mol. The van der Waals surface area contributed by atoms with Gasteiger partial charge in [0.25, 0.3) is 5.56 Å². The van der Waals surface area contributed by atoms with Crippen LogP contribution < -0.4 is 5.56 Å². The third-order valence-corrected chi connectivity index (χ3v) is 4.79. The van der Waals surface area contributed by atoms with Crippen LogP contribution in [0.15, 0.2) is 29.1 Å². The number of nitrogens with zero attached hydrogens (tertiary/aromatic N) is 4. The first kappa shape index (κ1) is 13.8. The van der Waals surface area contributed by atoms with Crippen molar-refractivity contribution in [2.24, 2.45) is 0 Å². The quantitative estimate of drug-likeness (QED) is 0.839. The largest absolute Gasteiger partial charge is 0.375 e. The van der Waals surface area contributed by atoms with Gasteiger partial charge < -0.3 is 4.74 Å². The number of benzene rings is 1. The number of morpholine rings is 1. The molecule has 0 unspecified atom stereocenters. The van der Waals surface area contributed by atoms with Gasteiger partial charge in [-0.15, -0.1) is 5.10 Å². The van der Waals surface area contributed by atoms with Crippen LogP contribution in [-0.4, -0.2) is 45.2 Å². The number of rotatable bonds is 2. The van der Waals surface area contributed by atoms with E-state index in [1.54, 1.807) is 0 Å². The molecule has 0 N–H and O–H groups in total. The monoisotopic (exact) mass is 300 g/mol. The van der Waals surface area contributed by atoms with Gasteiger partial charge in [-0.2, -0.15) is 4.68 Å². The van der Waals surface area contributed by atoms with E-state index in [4.69, 9.17) is 4.74 Å². The Morgan fingerprint density at radius 2 is 2.09 bits per heavy atom. The lowest BCUT2D eigenvalue weighted by atomic mass is 9.90. The number of ether oxygens (including phenoxy) is 1. The van der Waals surface area contributed by atoms with Gasteiger partial charge in [0.1, 0.15) is 5.52 Å². The Bertz CT molecular complexity index is 727. The normalized spacial score (nSPS) is 26.0. The average Bonchev–Trinajstić information content (AvgIpc) is 2.58. The summed E-state index contributed by atoms with van der Waals surface area (Å²) in [7, 11) is 0. The van der Waals surface area contributed by atoms with E-state index >= 15 is 0 Å². The van der Waals surface area contributed by atoms with Gasteiger partial charge in [0.2, 0.25) is 0 Å². The molecule has 2 fully saturated rings. The summed E-state index contributed by atoms with van der Waals surface area (Å²) in [6.07, 6.45) is 5.05. The minimum atomic E-state index is -0.0653. The first-order chi connectivity index (χ1) is 10.8. The molecule has 0 amide bonds. The lowest BCUT2D eigenvalue weighted by Crippen LogP contribution is -2.53. The molecule has 6 nitrogen and oxygen atoms in total. The molecule has 2 aliphatic rings. The van der Waals surface area contributed by atoms with Crippen molar-refractivity contribution in [1.82, 2.24) is 19.9 Å². The van der Waals surface area contributed by atoms with Crippen LogP contribution in [0.5, 0.6) is 0 Å². The highest BCUT2D eigenvalue weighted by Crippen LogP contribution is 2.28. The van der Waals surface area contributed by atoms with Crippen LogP contribution in [0.4, 0.5) is 0 Å². The molecule has 0 spiro atoms. The number of fused-ring (bicyclic) bond motifs is 2. The van der Waals surface area contributed by atoms with Gasteiger partial charge in [-0.3, -0.25) is 9.69 Å². The van der Waals surface area contributed by atoms with Gasteiger partial charge >= 0.3 is 0 Å². The topological polar surface area (TPSA) is 60.2 Å². The summed E-state index contributed by atoms with van der Waals surface area (Å²) >= 11 is 0. The first-order valence-electron chi connectivity index (χ1n) is 8.01.